The number of piperidine rings is 2. The second-order valence-electron chi connectivity index (χ2n) is 24.9. The van der Waals surface area contributed by atoms with Crippen LogP contribution in [0.5, 0.6) is 0 Å². The van der Waals surface area contributed by atoms with Gasteiger partial charge in [0.05, 0.1) is 17.2 Å². The third-order valence-corrected chi connectivity index (χ3v) is 21.9. The van der Waals surface area contributed by atoms with E-state index >= 15 is 4.39 Å². The molecule has 5 aromatic rings. The summed E-state index contributed by atoms with van der Waals surface area (Å²) in [6.07, 6.45) is 8.82. The van der Waals surface area contributed by atoms with Crippen molar-refractivity contribution < 1.29 is 36.7 Å². The molecule has 7 aliphatic rings. The number of ether oxygens (including phenoxy) is 1. The van der Waals surface area contributed by atoms with Crippen LogP contribution < -0.4 is 25.2 Å². The fraction of sp³-hybridized carbons (Fsp3) is 0.463. The van der Waals surface area contributed by atoms with Crippen molar-refractivity contribution in [3.8, 4) is 0 Å². The van der Waals surface area contributed by atoms with Crippen molar-refractivity contribution in [2.24, 2.45) is 11.3 Å². The molecule has 6 heterocycles. The molecule has 0 aromatic heterocycles. The normalized spacial score (nSPS) is 21.9. The van der Waals surface area contributed by atoms with Crippen LogP contribution in [-0.4, -0.2) is 168 Å². The van der Waals surface area contributed by atoms with Crippen LogP contribution in [0.15, 0.2) is 131 Å². The first kappa shape index (κ1) is 60.9. The number of sulfonamides is 1. The number of imide groups is 1. The molecule has 3 atom stereocenters. The summed E-state index contributed by atoms with van der Waals surface area (Å²) in [5, 5.41) is 6.72. The van der Waals surface area contributed by atoms with E-state index in [1.807, 2.05) is 42.5 Å². The quantitative estimate of drug-likeness (QED) is 0.0529. The van der Waals surface area contributed by atoms with Crippen molar-refractivity contribution in [2.45, 2.75) is 92.6 Å². The molecule has 1 aliphatic carbocycles. The molecule has 5 aromatic carbocycles. The Bertz CT molecular complexity index is 3430. The molecule has 1 spiro atoms. The lowest BCUT2D eigenvalue weighted by Crippen LogP contribution is -2.52. The van der Waals surface area contributed by atoms with Crippen molar-refractivity contribution in [3.63, 3.8) is 0 Å². The topological polar surface area (TPSA) is 167 Å². The van der Waals surface area contributed by atoms with Gasteiger partial charge in [-0.05, 0) is 184 Å². The van der Waals surface area contributed by atoms with Crippen molar-refractivity contribution in [3.05, 3.63) is 154 Å². The van der Waals surface area contributed by atoms with Crippen LogP contribution in [-0.2, 0) is 30.9 Å². The lowest BCUT2D eigenvalue weighted by Gasteiger charge is -2.47. The Balaban J connectivity index is 0.617. The predicted molar refractivity (Wildman–Crippen MR) is 340 cm³/mol. The van der Waals surface area contributed by atoms with Crippen LogP contribution in [0, 0.1) is 17.2 Å². The summed E-state index contributed by atoms with van der Waals surface area (Å²) in [5.41, 5.74) is 8.01. The molecule has 3 N–H and O–H groups in total. The first-order chi connectivity index (χ1) is 42.2. The van der Waals surface area contributed by atoms with Gasteiger partial charge in [-0.15, -0.1) is 11.8 Å². The van der Waals surface area contributed by atoms with Crippen molar-refractivity contribution in [1.29, 1.82) is 0 Å². The average molecular weight is 1240 g/mol. The predicted octanol–water partition coefficient (Wildman–Crippen LogP) is 9.41. The zero-order valence-corrected chi connectivity index (χ0v) is 51.8. The van der Waals surface area contributed by atoms with Gasteiger partial charge in [-0.25, -0.2) is 17.5 Å². The Morgan fingerprint density at radius 2 is 1.56 bits per heavy atom. The van der Waals surface area contributed by atoms with E-state index in [1.54, 1.807) is 54.2 Å². The molecule has 0 bridgehead atoms. The molecule has 6 aliphatic heterocycles. The molecule has 0 radical (unpaired) electrons. The molecular weight excluding hydrogens is 1160 g/mol. The maximum Gasteiger partial charge on any atom is 0.264 e. The number of carbonyl (C=O) groups excluding carboxylic acids is 4. The number of amides is 4. The molecular formula is C67H79ClFN9O7S2. The van der Waals surface area contributed by atoms with E-state index in [1.165, 1.54) is 32.6 Å². The molecule has 16 nitrogen and oxygen atoms in total. The number of likely N-dealkylation sites (tertiary alicyclic amines) is 1. The van der Waals surface area contributed by atoms with E-state index in [2.05, 4.69) is 64.1 Å². The van der Waals surface area contributed by atoms with Gasteiger partial charge in [0.2, 0.25) is 11.8 Å². The number of hydrogen-bond donors (Lipinski definition) is 3. The van der Waals surface area contributed by atoms with Crippen LogP contribution in [0.1, 0.15) is 96.1 Å². The average Bonchev–Trinajstić information content (AvgIpc) is 1.97. The minimum Gasteiger partial charge on any atom is -0.381 e. The van der Waals surface area contributed by atoms with Gasteiger partial charge in [-0.3, -0.25) is 29.4 Å². The zero-order chi connectivity index (χ0) is 60.1. The molecule has 12 rings (SSSR count). The monoisotopic (exact) mass is 1240 g/mol. The molecule has 0 saturated carbocycles. The molecule has 1 unspecified atom stereocenters. The van der Waals surface area contributed by atoms with Gasteiger partial charge in [0.25, 0.3) is 21.8 Å². The Kier molecular flexibility index (Phi) is 19.0. The number of anilines is 3. The lowest BCUT2D eigenvalue weighted by atomic mass is 9.65. The number of carbonyl (C=O) groups is 4. The van der Waals surface area contributed by atoms with Crippen LogP contribution in [0.4, 0.5) is 21.5 Å². The zero-order valence-electron chi connectivity index (χ0n) is 49.4. The maximum atomic E-state index is 15.8. The van der Waals surface area contributed by atoms with E-state index in [-0.39, 0.29) is 53.1 Å². The smallest absolute Gasteiger partial charge is 0.264 e. The molecule has 20 heteroatoms. The van der Waals surface area contributed by atoms with Crippen LogP contribution >= 0.6 is 23.4 Å². The number of thioether (sulfide) groups is 1. The number of halogens is 2. The fourth-order valence-corrected chi connectivity index (χ4v) is 16.2. The number of piperazine rings is 1. The second-order valence-corrected chi connectivity index (χ2v) is 28.1. The van der Waals surface area contributed by atoms with E-state index in [0.29, 0.717) is 22.7 Å². The molecule has 5 saturated heterocycles. The number of nitrogens with zero attached hydrogens (tertiary/aromatic N) is 6. The highest BCUT2D eigenvalue weighted by Crippen LogP contribution is 2.49. The minimum absolute atomic E-state index is 0.0179. The number of hydrogen-bond acceptors (Lipinski definition) is 14. The molecule has 460 valence electrons. The summed E-state index contributed by atoms with van der Waals surface area (Å²) in [7, 11) is -4.14. The van der Waals surface area contributed by atoms with Gasteiger partial charge in [-0.1, -0.05) is 47.5 Å². The van der Waals surface area contributed by atoms with E-state index in [9.17, 15) is 27.6 Å². The highest BCUT2D eigenvalue weighted by molar-refractivity contribution is 7.99. The van der Waals surface area contributed by atoms with Gasteiger partial charge in [0, 0.05) is 136 Å². The number of rotatable bonds is 19. The Morgan fingerprint density at radius 1 is 0.793 bits per heavy atom. The molecule has 4 amide bonds. The third kappa shape index (κ3) is 14.7. The SMILES string of the molecule is O=C1CCC(N2Cc3cc(N4CC[C@@H](CN5CCC6(CCC(c7ccc(Cl)cc7)=C(CN7CCN(c8ccc(C(=O)NS(=O)(=O)c9ccc(N[C@H](CCN%10CCCOCC%10)CSc%10ccccc%10)cc9)cc8)CC7)C6)CC5)C4)c(F)cc3C2=O)C(=O)N1. The first-order valence-electron chi connectivity index (χ1n) is 31.1. The summed E-state index contributed by atoms with van der Waals surface area (Å²) < 4.78 is 50.9. The van der Waals surface area contributed by atoms with E-state index in [0.717, 1.165) is 172 Å². The van der Waals surface area contributed by atoms with Crippen molar-refractivity contribution >= 4 is 79.7 Å². The van der Waals surface area contributed by atoms with Crippen molar-refractivity contribution in [2.75, 3.05) is 119 Å². The fourth-order valence-electron chi connectivity index (χ4n) is 14.1. The Labute approximate surface area is 520 Å². The Hall–Kier alpha value is -6.32. The van der Waals surface area contributed by atoms with Gasteiger partial charge in [0.15, 0.2) is 0 Å². The van der Waals surface area contributed by atoms with Gasteiger partial charge < -0.3 is 34.6 Å². The number of fused-ring (bicyclic) bond motifs is 1. The second kappa shape index (κ2) is 27.2. The van der Waals surface area contributed by atoms with Crippen LogP contribution in [0.2, 0.25) is 5.02 Å². The maximum absolute atomic E-state index is 15.8. The van der Waals surface area contributed by atoms with Crippen LogP contribution in [0.3, 0.4) is 0 Å². The molecule has 5 fully saturated rings. The summed E-state index contributed by atoms with van der Waals surface area (Å²) in [6.45, 7) is 13.4. The summed E-state index contributed by atoms with van der Waals surface area (Å²) in [4.78, 5) is 66.0. The van der Waals surface area contributed by atoms with Gasteiger partial charge in [0.1, 0.15) is 11.9 Å². The van der Waals surface area contributed by atoms with E-state index in [4.69, 9.17) is 16.3 Å². The standard InChI is InChI=1S/C67H79ClFN9O7S2/c68-52-11-7-48(8-12-52)58-21-24-67(25-30-74(31-26-67)42-47-22-29-77(43-47)62-39-50-45-78(66(82)59(50)40-60(62)69)61-19-20-63(79)71-65(61)81)41-51(58)44-75-32-34-76(35-33-75)55-15-9-49(10-16-55)64(80)72-87(83,84)57-17-13-53(14-18-57)70-54(46-86-56-5-2-1-3-6-56)23-28-73-27-4-37-85-38-36-73/h1-3,5-18,39-40,47,54,61,70H,4,19-38,41-46H2,(H,72,80)(H,71,79,81)/t47-,54+,61?/m0/s1. The minimum atomic E-state index is -4.14. The van der Waals surface area contributed by atoms with E-state index < -0.39 is 33.7 Å². The molecule has 87 heavy (non-hydrogen) atoms. The summed E-state index contributed by atoms with van der Waals surface area (Å²) in [5.74, 6) is -1.05. The number of nitrogens with one attached hydrogen (secondary N) is 3. The number of benzene rings is 5. The largest absolute Gasteiger partial charge is 0.381 e. The first-order valence-corrected chi connectivity index (χ1v) is 33.9. The number of allylic oxidation sites excluding steroid dienone is 1. The van der Waals surface area contributed by atoms with Gasteiger partial charge >= 0.3 is 0 Å². The summed E-state index contributed by atoms with van der Waals surface area (Å²) >= 11 is 8.20. The highest BCUT2D eigenvalue weighted by atomic mass is 35.5. The van der Waals surface area contributed by atoms with Crippen molar-refractivity contribution in [1.82, 2.24) is 29.6 Å². The highest BCUT2D eigenvalue weighted by Gasteiger charge is 2.42. The summed E-state index contributed by atoms with van der Waals surface area (Å²) in [6, 6.07) is 35.0. The Morgan fingerprint density at radius 3 is 2.32 bits per heavy atom. The lowest BCUT2D eigenvalue weighted by molar-refractivity contribution is -0.136. The van der Waals surface area contributed by atoms with Gasteiger partial charge in [-0.2, -0.15) is 0 Å². The van der Waals surface area contributed by atoms with Crippen LogP contribution in [0.25, 0.3) is 5.57 Å². The third-order valence-electron chi connectivity index (χ3n) is 19.1.